The predicted molar refractivity (Wildman–Crippen MR) is 98.4 cm³/mol. The first-order valence-electron chi connectivity index (χ1n) is 9.71. The third-order valence-corrected chi connectivity index (χ3v) is 5.61. The van der Waals surface area contributed by atoms with Gasteiger partial charge in [0, 0.05) is 45.0 Å². The normalized spacial score (nSPS) is 25.4. The Balaban J connectivity index is 1.28. The van der Waals surface area contributed by atoms with Gasteiger partial charge in [-0.25, -0.2) is 4.98 Å². The minimum atomic E-state index is 0.0914. The van der Waals surface area contributed by atoms with Crippen molar-refractivity contribution in [3.05, 3.63) is 23.9 Å². The van der Waals surface area contributed by atoms with Crippen LogP contribution in [-0.2, 0) is 9.47 Å². The van der Waals surface area contributed by atoms with Crippen LogP contribution in [0.2, 0.25) is 0 Å². The van der Waals surface area contributed by atoms with E-state index in [-0.39, 0.29) is 5.91 Å². The molecular weight excluding hydrogens is 332 g/mol. The first-order chi connectivity index (χ1) is 12.8. The first kappa shape index (κ1) is 17.7. The number of hydrogen-bond acceptors (Lipinski definition) is 6. The summed E-state index contributed by atoms with van der Waals surface area (Å²) < 4.78 is 10.8. The van der Waals surface area contributed by atoms with Gasteiger partial charge in [0.15, 0.2) is 0 Å². The maximum Gasteiger partial charge on any atom is 0.255 e. The number of morpholine rings is 1. The third-order valence-electron chi connectivity index (χ3n) is 5.61. The summed E-state index contributed by atoms with van der Waals surface area (Å²) in [7, 11) is 0. The van der Waals surface area contributed by atoms with Crippen molar-refractivity contribution in [1.82, 2.24) is 14.8 Å². The van der Waals surface area contributed by atoms with Crippen LogP contribution in [0, 0.1) is 0 Å². The highest BCUT2D eigenvalue weighted by Crippen LogP contribution is 2.20. The van der Waals surface area contributed by atoms with Crippen LogP contribution in [0.3, 0.4) is 0 Å². The molecule has 0 radical (unpaired) electrons. The van der Waals surface area contributed by atoms with Crippen LogP contribution in [0.5, 0.6) is 0 Å². The molecule has 3 aliphatic rings. The standard InChI is InChI=1S/C19H28N4O3/c24-19(15-1-2-18(20-13-15)21-16-5-10-26-14-16)23-6-3-17(4-7-23)22-8-11-25-12-9-22/h1-2,13,16-17H,3-12,14H2,(H,20,21)/t16-/m0/s1. The van der Waals surface area contributed by atoms with Gasteiger partial charge in [-0.15, -0.1) is 0 Å². The second-order valence-electron chi connectivity index (χ2n) is 7.31. The van der Waals surface area contributed by atoms with E-state index in [1.54, 1.807) is 6.20 Å². The van der Waals surface area contributed by atoms with Crippen molar-refractivity contribution in [2.45, 2.75) is 31.3 Å². The number of anilines is 1. The van der Waals surface area contributed by atoms with E-state index in [1.165, 1.54) is 0 Å². The smallest absolute Gasteiger partial charge is 0.255 e. The molecule has 0 unspecified atom stereocenters. The van der Waals surface area contributed by atoms with E-state index in [2.05, 4.69) is 15.2 Å². The number of carbonyl (C=O) groups is 1. The Kier molecular flexibility index (Phi) is 5.67. The van der Waals surface area contributed by atoms with Crippen LogP contribution in [0.15, 0.2) is 18.3 Å². The van der Waals surface area contributed by atoms with Crippen molar-refractivity contribution in [3.63, 3.8) is 0 Å². The Labute approximate surface area is 154 Å². The van der Waals surface area contributed by atoms with Crippen LogP contribution in [0.4, 0.5) is 5.82 Å². The number of nitrogens with zero attached hydrogens (tertiary/aromatic N) is 3. The van der Waals surface area contributed by atoms with Crippen LogP contribution < -0.4 is 5.32 Å². The fourth-order valence-corrected chi connectivity index (χ4v) is 4.02. The lowest BCUT2D eigenvalue weighted by Gasteiger charge is -2.40. The van der Waals surface area contributed by atoms with E-state index >= 15 is 0 Å². The van der Waals surface area contributed by atoms with Crippen molar-refractivity contribution in [2.75, 3.05) is 57.9 Å². The van der Waals surface area contributed by atoms with Gasteiger partial charge in [0.2, 0.25) is 0 Å². The Morgan fingerprint density at radius 1 is 1.04 bits per heavy atom. The number of rotatable bonds is 4. The summed E-state index contributed by atoms with van der Waals surface area (Å²) in [5.74, 6) is 0.900. The molecule has 7 heteroatoms. The van der Waals surface area contributed by atoms with Crippen molar-refractivity contribution in [2.24, 2.45) is 0 Å². The van der Waals surface area contributed by atoms with Gasteiger partial charge in [-0.2, -0.15) is 0 Å². The summed E-state index contributed by atoms with van der Waals surface area (Å²) in [6.45, 7) is 6.86. The van der Waals surface area contributed by atoms with Gasteiger partial charge < -0.3 is 19.7 Å². The molecule has 26 heavy (non-hydrogen) atoms. The number of amides is 1. The quantitative estimate of drug-likeness (QED) is 0.871. The molecule has 142 valence electrons. The highest BCUT2D eigenvalue weighted by Gasteiger charge is 2.28. The molecule has 0 bridgehead atoms. The maximum atomic E-state index is 12.8. The zero-order valence-corrected chi connectivity index (χ0v) is 15.2. The number of ether oxygens (including phenoxy) is 2. The largest absolute Gasteiger partial charge is 0.379 e. The molecule has 1 N–H and O–H groups in total. The molecular formula is C19H28N4O3. The van der Waals surface area contributed by atoms with Gasteiger partial charge in [0.25, 0.3) is 5.91 Å². The minimum Gasteiger partial charge on any atom is -0.379 e. The average molecular weight is 360 g/mol. The highest BCUT2D eigenvalue weighted by atomic mass is 16.5. The summed E-state index contributed by atoms with van der Waals surface area (Å²) >= 11 is 0. The zero-order chi connectivity index (χ0) is 17.8. The molecule has 1 atom stereocenters. The van der Waals surface area contributed by atoms with E-state index in [0.717, 1.165) is 77.7 Å². The third kappa shape index (κ3) is 4.16. The lowest BCUT2D eigenvalue weighted by atomic mass is 10.0. The van der Waals surface area contributed by atoms with Crippen LogP contribution in [-0.4, -0.2) is 85.4 Å². The number of aromatic nitrogens is 1. The molecule has 0 aliphatic carbocycles. The number of piperidine rings is 1. The van der Waals surface area contributed by atoms with Crippen molar-refractivity contribution in [3.8, 4) is 0 Å². The second kappa shape index (κ2) is 8.33. The monoisotopic (exact) mass is 360 g/mol. The van der Waals surface area contributed by atoms with Crippen LogP contribution >= 0.6 is 0 Å². The van der Waals surface area contributed by atoms with Crippen molar-refractivity contribution < 1.29 is 14.3 Å². The zero-order valence-electron chi connectivity index (χ0n) is 15.2. The molecule has 1 amide bonds. The van der Waals surface area contributed by atoms with Crippen LogP contribution in [0.1, 0.15) is 29.6 Å². The van der Waals surface area contributed by atoms with Gasteiger partial charge in [-0.1, -0.05) is 0 Å². The number of pyridine rings is 1. The number of likely N-dealkylation sites (tertiary alicyclic amines) is 1. The lowest BCUT2D eigenvalue weighted by Crippen LogP contribution is -2.50. The van der Waals surface area contributed by atoms with Gasteiger partial charge in [-0.3, -0.25) is 9.69 Å². The Bertz CT molecular complexity index is 589. The predicted octanol–water partition coefficient (Wildman–Crippen LogP) is 1.22. The van der Waals surface area contributed by atoms with Crippen molar-refractivity contribution in [1.29, 1.82) is 0 Å². The molecule has 0 aromatic carbocycles. The Morgan fingerprint density at radius 2 is 1.85 bits per heavy atom. The fourth-order valence-electron chi connectivity index (χ4n) is 4.02. The van der Waals surface area contributed by atoms with E-state index in [9.17, 15) is 4.79 Å². The van der Waals surface area contributed by atoms with E-state index in [4.69, 9.17) is 9.47 Å². The number of carbonyl (C=O) groups excluding carboxylic acids is 1. The molecule has 1 aromatic rings. The molecule has 4 rings (SSSR count). The van der Waals surface area contributed by atoms with Crippen molar-refractivity contribution >= 4 is 11.7 Å². The Morgan fingerprint density at radius 3 is 2.50 bits per heavy atom. The summed E-state index contributed by atoms with van der Waals surface area (Å²) in [5, 5.41) is 3.35. The van der Waals surface area contributed by atoms with Crippen LogP contribution in [0.25, 0.3) is 0 Å². The minimum absolute atomic E-state index is 0.0914. The summed E-state index contributed by atoms with van der Waals surface area (Å²) in [5.41, 5.74) is 0.669. The van der Waals surface area contributed by atoms with Gasteiger partial charge in [0.1, 0.15) is 5.82 Å². The molecule has 3 fully saturated rings. The van der Waals surface area contributed by atoms with E-state index < -0.39 is 0 Å². The highest BCUT2D eigenvalue weighted by molar-refractivity contribution is 5.94. The fraction of sp³-hybridized carbons (Fsp3) is 0.684. The lowest BCUT2D eigenvalue weighted by molar-refractivity contribution is 0.00158. The average Bonchev–Trinajstić information content (AvgIpc) is 3.22. The topological polar surface area (TPSA) is 66.9 Å². The molecule has 4 heterocycles. The summed E-state index contributed by atoms with van der Waals surface area (Å²) in [4.78, 5) is 21.6. The summed E-state index contributed by atoms with van der Waals surface area (Å²) in [6, 6.07) is 4.68. The first-order valence-corrected chi connectivity index (χ1v) is 9.71. The molecule has 1 aromatic heterocycles. The van der Waals surface area contributed by atoms with Gasteiger partial charge >= 0.3 is 0 Å². The molecule has 7 nitrogen and oxygen atoms in total. The van der Waals surface area contributed by atoms with Gasteiger partial charge in [-0.05, 0) is 31.4 Å². The second-order valence-corrected chi connectivity index (χ2v) is 7.31. The Hall–Kier alpha value is -1.70. The maximum absolute atomic E-state index is 12.8. The van der Waals surface area contributed by atoms with Gasteiger partial charge in [0.05, 0.1) is 31.4 Å². The molecule has 3 aliphatic heterocycles. The van der Waals surface area contributed by atoms with E-state index in [1.807, 2.05) is 17.0 Å². The van der Waals surface area contributed by atoms with E-state index in [0.29, 0.717) is 17.6 Å². The molecule has 0 saturated carbocycles. The molecule has 3 saturated heterocycles. The summed E-state index contributed by atoms with van der Waals surface area (Å²) in [6.07, 6.45) is 4.77. The SMILES string of the molecule is O=C(c1ccc(N[C@H]2CCOC2)nc1)N1CCC(N2CCOCC2)CC1. The number of nitrogens with one attached hydrogen (secondary N) is 1. The molecule has 0 spiro atoms. The number of hydrogen-bond donors (Lipinski definition) is 1.